The molecule has 3 nitrogen and oxygen atoms in total. The van der Waals surface area contributed by atoms with E-state index in [-0.39, 0.29) is 0 Å². The largest absolute Gasteiger partial charge is 0.496 e. The fraction of sp³-hybridized carbons (Fsp3) is 0.100. The first-order valence-electron chi connectivity index (χ1n) is 3.85. The van der Waals surface area contributed by atoms with Crippen molar-refractivity contribution >= 4 is 17.3 Å². The van der Waals surface area contributed by atoms with E-state index in [1.54, 1.807) is 18.4 Å². The molecular weight excluding hydrogens is 168 g/mol. The van der Waals surface area contributed by atoms with Gasteiger partial charge in [0.05, 0.1) is 18.9 Å². The zero-order valence-corrected chi connectivity index (χ0v) is 7.11. The van der Waals surface area contributed by atoms with Crippen molar-refractivity contribution in [3.05, 3.63) is 30.0 Å². The van der Waals surface area contributed by atoms with Gasteiger partial charge in [0, 0.05) is 5.39 Å². The molecular formula is C10H8O3. The van der Waals surface area contributed by atoms with Gasteiger partial charge >= 0.3 is 0 Å². The van der Waals surface area contributed by atoms with Gasteiger partial charge in [-0.2, -0.15) is 0 Å². The van der Waals surface area contributed by atoms with Gasteiger partial charge in [0.15, 0.2) is 6.29 Å². The summed E-state index contributed by atoms with van der Waals surface area (Å²) in [5.41, 5.74) is 1.20. The maximum atomic E-state index is 10.6. The third-order valence-electron chi connectivity index (χ3n) is 1.93. The van der Waals surface area contributed by atoms with E-state index >= 15 is 0 Å². The fourth-order valence-electron chi connectivity index (χ4n) is 1.27. The number of aldehydes is 1. The number of ether oxygens (including phenoxy) is 1. The number of fused-ring (bicyclic) bond motifs is 1. The predicted molar refractivity (Wildman–Crippen MR) is 48.2 cm³/mol. The van der Waals surface area contributed by atoms with Gasteiger partial charge in [-0.25, -0.2) is 0 Å². The second-order valence-electron chi connectivity index (χ2n) is 2.67. The smallest absolute Gasteiger partial charge is 0.153 e. The minimum Gasteiger partial charge on any atom is -0.496 e. The van der Waals surface area contributed by atoms with Crippen LogP contribution in [0, 0.1) is 0 Å². The van der Waals surface area contributed by atoms with E-state index in [9.17, 15) is 4.79 Å². The molecule has 2 aromatic rings. The van der Waals surface area contributed by atoms with Gasteiger partial charge in [0.1, 0.15) is 11.3 Å². The number of carbonyl (C=O) groups is 1. The highest BCUT2D eigenvalue weighted by Crippen LogP contribution is 2.25. The van der Waals surface area contributed by atoms with Crippen LogP contribution in [0.4, 0.5) is 0 Å². The summed E-state index contributed by atoms with van der Waals surface area (Å²) in [6.45, 7) is 0. The predicted octanol–water partition coefficient (Wildman–Crippen LogP) is 2.25. The molecule has 0 fully saturated rings. The van der Waals surface area contributed by atoms with Crippen LogP contribution in [0.5, 0.6) is 5.75 Å². The second-order valence-corrected chi connectivity index (χ2v) is 2.67. The first-order valence-corrected chi connectivity index (χ1v) is 3.85. The third kappa shape index (κ3) is 1.18. The quantitative estimate of drug-likeness (QED) is 0.659. The molecule has 0 unspecified atom stereocenters. The Morgan fingerprint density at radius 1 is 1.46 bits per heavy atom. The van der Waals surface area contributed by atoms with Crippen LogP contribution in [0.25, 0.3) is 11.0 Å². The van der Waals surface area contributed by atoms with Crippen molar-refractivity contribution in [2.45, 2.75) is 0 Å². The van der Waals surface area contributed by atoms with Crippen LogP contribution < -0.4 is 4.74 Å². The molecule has 0 atom stereocenters. The lowest BCUT2D eigenvalue weighted by molar-refractivity contribution is 0.112. The van der Waals surface area contributed by atoms with E-state index in [1.807, 2.05) is 6.07 Å². The van der Waals surface area contributed by atoms with E-state index < -0.39 is 0 Å². The second kappa shape index (κ2) is 2.94. The van der Waals surface area contributed by atoms with E-state index in [1.165, 1.54) is 7.11 Å². The van der Waals surface area contributed by atoms with Crippen LogP contribution in [-0.4, -0.2) is 13.4 Å². The molecule has 13 heavy (non-hydrogen) atoms. The molecule has 0 aliphatic heterocycles. The molecule has 0 aliphatic carbocycles. The van der Waals surface area contributed by atoms with Gasteiger partial charge in [-0.1, -0.05) is 0 Å². The summed E-state index contributed by atoms with van der Waals surface area (Å²) >= 11 is 0. The van der Waals surface area contributed by atoms with Crippen LogP contribution in [0.15, 0.2) is 28.9 Å². The molecule has 1 aromatic heterocycles. The summed E-state index contributed by atoms with van der Waals surface area (Å²) in [5, 5.41) is 0.933. The number of benzene rings is 1. The number of furan rings is 1. The van der Waals surface area contributed by atoms with Crippen molar-refractivity contribution in [1.29, 1.82) is 0 Å². The first kappa shape index (κ1) is 7.86. The minimum absolute atomic E-state index is 0.505. The van der Waals surface area contributed by atoms with E-state index in [0.717, 1.165) is 11.7 Å². The zero-order chi connectivity index (χ0) is 9.26. The Labute approximate surface area is 74.9 Å². The highest BCUT2D eigenvalue weighted by atomic mass is 16.5. The minimum atomic E-state index is 0.505. The van der Waals surface area contributed by atoms with Crippen molar-refractivity contribution in [2.24, 2.45) is 0 Å². The van der Waals surface area contributed by atoms with Crippen LogP contribution in [0.2, 0.25) is 0 Å². The number of hydrogen-bond donors (Lipinski definition) is 0. The Bertz CT molecular complexity index is 442. The highest BCUT2D eigenvalue weighted by molar-refractivity contribution is 5.89. The van der Waals surface area contributed by atoms with Gasteiger partial charge in [0.2, 0.25) is 0 Å². The molecule has 0 N–H and O–H groups in total. The number of carbonyl (C=O) groups excluding carboxylic acids is 1. The van der Waals surface area contributed by atoms with Crippen molar-refractivity contribution < 1.29 is 13.9 Å². The molecule has 1 aromatic carbocycles. The Morgan fingerprint density at radius 2 is 2.31 bits per heavy atom. The Morgan fingerprint density at radius 3 is 3.00 bits per heavy atom. The van der Waals surface area contributed by atoms with E-state index in [0.29, 0.717) is 16.9 Å². The maximum Gasteiger partial charge on any atom is 0.153 e. The molecule has 0 bridgehead atoms. The zero-order valence-electron chi connectivity index (χ0n) is 7.11. The highest BCUT2D eigenvalue weighted by Gasteiger charge is 2.05. The third-order valence-corrected chi connectivity index (χ3v) is 1.93. The van der Waals surface area contributed by atoms with Gasteiger partial charge in [-0.15, -0.1) is 0 Å². The van der Waals surface area contributed by atoms with E-state index in [4.69, 9.17) is 9.15 Å². The molecule has 1 heterocycles. The summed E-state index contributed by atoms with van der Waals surface area (Å²) < 4.78 is 10.2. The van der Waals surface area contributed by atoms with Crippen molar-refractivity contribution in [3.63, 3.8) is 0 Å². The summed E-state index contributed by atoms with van der Waals surface area (Å²) in [6.07, 6.45) is 2.33. The average Bonchev–Trinajstić information content (AvgIpc) is 2.62. The Balaban J connectivity index is 2.73. The average molecular weight is 176 g/mol. The summed E-state index contributed by atoms with van der Waals surface area (Å²) in [4.78, 5) is 10.6. The maximum absolute atomic E-state index is 10.6. The first-order chi connectivity index (χ1) is 6.35. The topological polar surface area (TPSA) is 39.4 Å². The number of rotatable bonds is 2. The molecule has 66 valence electrons. The Hall–Kier alpha value is -1.77. The van der Waals surface area contributed by atoms with Crippen molar-refractivity contribution in [1.82, 2.24) is 0 Å². The van der Waals surface area contributed by atoms with Crippen LogP contribution in [-0.2, 0) is 0 Å². The molecule has 0 radical (unpaired) electrons. The number of methoxy groups -OCH3 is 1. The lowest BCUT2D eigenvalue weighted by Crippen LogP contribution is -1.89. The molecule has 0 spiro atoms. The van der Waals surface area contributed by atoms with Crippen molar-refractivity contribution in [3.8, 4) is 5.75 Å². The van der Waals surface area contributed by atoms with Gasteiger partial charge in [-0.3, -0.25) is 4.79 Å². The monoisotopic (exact) mass is 176 g/mol. The van der Waals surface area contributed by atoms with Crippen LogP contribution in [0.3, 0.4) is 0 Å². The summed E-state index contributed by atoms with van der Waals surface area (Å²) in [7, 11) is 1.54. The van der Waals surface area contributed by atoms with Crippen LogP contribution in [0.1, 0.15) is 10.4 Å². The van der Waals surface area contributed by atoms with Gasteiger partial charge in [-0.05, 0) is 18.2 Å². The molecule has 3 heteroatoms. The normalized spacial score (nSPS) is 10.2. The molecule has 0 saturated heterocycles. The Kier molecular flexibility index (Phi) is 1.77. The van der Waals surface area contributed by atoms with Crippen molar-refractivity contribution in [2.75, 3.05) is 7.11 Å². The fourth-order valence-corrected chi connectivity index (χ4v) is 1.27. The molecule has 2 rings (SSSR count). The van der Waals surface area contributed by atoms with E-state index in [2.05, 4.69) is 0 Å². The summed E-state index contributed by atoms with van der Waals surface area (Å²) in [6, 6.07) is 5.27. The van der Waals surface area contributed by atoms with Gasteiger partial charge < -0.3 is 9.15 Å². The molecule has 0 saturated carbocycles. The summed E-state index contributed by atoms with van der Waals surface area (Å²) in [5.74, 6) is 0.573. The molecule has 0 amide bonds. The van der Waals surface area contributed by atoms with Gasteiger partial charge in [0.25, 0.3) is 0 Å². The standard InChI is InChI=1S/C10H8O3/c1-12-9-4-7-2-3-13-10(7)5-8(9)6-11/h2-6H,1H3. The SMILES string of the molecule is COc1cc2ccoc2cc1C=O. The lowest BCUT2D eigenvalue weighted by atomic mass is 10.1. The lowest BCUT2D eigenvalue weighted by Gasteiger charge is -2.01. The van der Waals surface area contributed by atoms with Crippen LogP contribution >= 0.6 is 0 Å². The number of hydrogen-bond acceptors (Lipinski definition) is 3. The molecule has 0 aliphatic rings.